The number of carbonyl (C=O) groups is 1. The largest absolute Gasteiger partial charge is 0.382 e. The molecule has 1 aliphatic heterocycles. The van der Waals surface area contributed by atoms with Crippen LogP contribution in [0.4, 0.5) is 10.6 Å². The predicted octanol–water partition coefficient (Wildman–Crippen LogP) is 0.965. The lowest BCUT2D eigenvalue weighted by molar-refractivity contribution is 0.242. The quantitative estimate of drug-likeness (QED) is 0.589. The second kappa shape index (κ2) is 7.72. The number of fused-ring (bicyclic) bond motifs is 3. The van der Waals surface area contributed by atoms with E-state index in [1.165, 1.54) is 0 Å². The van der Waals surface area contributed by atoms with E-state index in [9.17, 15) is 9.00 Å². The lowest BCUT2D eigenvalue weighted by Crippen LogP contribution is -2.33. The SMILES string of the molecule is CNC(=O)NCc1nc2c(N)nc3ccccc3c2n1CCN1CCCS1=O. The molecule has 0 aliphatic carbocycles. The number of nitrogens with zero attached hydrogens (tertiary/aromatic N) is 4. The van der Waals surface area contributed by atoms with Crippen LogP contribution in [0, 0.1) is 0 Å². The van der Waals surface area contributed by atoms with Gasteiger partial charge in [0.25, 0.3) is 0 Å². The number of hydrogen-bond donors (Lipinski definition) is 3. The van der Waals surface area contributed by atoms with Gasteiger partial charge in [-0.25, -0.2) is 23.3 Å². The third-order valence-electron chi connectivity index (χ3n) is 4.91. The Hall–Kier alpha value is -2.72. The van der Waals surface area contributed by atoms with Crippen molar-refractivity contribution < 1.29 is 9.00 Å². The number of amides is 2. The molecule has 0 radical (unpaired) electrons. The first kappa shape index (κ1) is 18.6. The van der Waals surface area contributed by atoms with E-state index in [1.54, 1.807) is 7.05 Å². The van der Waals surface area contributed by atoms with Crippen molar-refractivity contribution in [3.8, 4) is 0 Å². The van der Waals surface area contributed by atoms with Crippen LogP contribution in [-0.2, 0) is 24.1 Å². The summed E-state index contributed by atoms with van der Waals surface area (Å²) in [5, 5.41) is 6.28. The van der Waals surface area contributed by atoms with E-state index in [0.29, 0.717) is 30.2 Å². The summed E-state index contributed by atoms with van der Waals surface area (Å²) in [6, 6.07) is 7.50. The van der Waals surface area contributed by atoms with E-state index >= 15 is 0 Å². The molecule has 4 N–H and O–H groups in total. The number of benzene rings is 1. The van der Waals surface area contributed by atoms with Crippen molar-refractivity contribution in [2.24, 2.45) is 0 Å². The number of nitrogens with one attached hydrogen (secondary N) is 2. The van der Waals surface area contributed by atoms with E-state index in [-0.39, 0.29) is 12.6 Å². The van der Waals surface area contributed by atoms with E-state index in [2.05, 4.69) is 25.2 Å². The summed E-state index contributed by atoms with van der Waals surface area (Å²) in [6.07, 6.45) is 0.947. The Morgan fingerprint density at radius 2 is 2.11 bits per heavy atom. The van der Waals surface area contributed by atoms with Crippen LogP contribution in [0.3, 0.4) is 0 Å². The normalized spacial score (nSPS) is 17.4. The minimum Gasteiger partial charge on any atom is -0.382 e. The highest BCUT2D eigenvalue weighted by Gasteiger charge is 2.22. The Morgan fingerprint density at radius 1 is 1.29 bits per heavy atom. The molecule has 1 fully saturated rings. The van der Waals surface area contributed by atoms with Gasteiger partial charge in [0.05, 0.1) is 28.6 Å². The van der Waals surface area contributed by atoms with Crippen LogP contribution in [0.2, 0.25) is 0 Å². The molecular formula is C18H23N7O2S. The fourth-order valence-electron chi connectivity index (χ4n) is 3.55. The zero-order valence-electron chi connectivity index (χ0n) is 15.6. The average molecular weight is 401 g/mol. The van der Waals surface area contributed by atoms with Crippen LogP contribution in [0.5, 0.6) is 0 Å². The first-order valence-electron chi connectivity index (χ1n) is 9.21. The number of imidazole rings is 1. The summed E-state index contributed by atoms with van der Waals surface area (Å²) in [4.78, 5) is 20.8. The fraction of sp³-hybridized carbons (Fsp3) is 0.389. The monoisotopic (exact) mass is 401 g/mol. The van der Waals surface area contributed by atoms with Gasteiger partial charge in [-0.05, 0) is 12.5 Å². The standard InChI is InChI=1S/C18H23N7O2S/c1-20-18(26)21-11-14-23-15-16(12-5-2-3-6-13(12)22-17(15)19)25(14)9-8-24-7-4-10-28(24)27/h2-3,5-6H,4,7-11H2,1H3,(H2,19,22)(H2,20,21,26). The zero-order valence-corrected chi connectivity index (χ0v) is 16.5. The van der Waals surface area contributed by atoms with Gasteiger partial charge >= 0.3 is 6.03 Å². The molecule has 1 aliphatic rings. The van der Waals surface area contributed by atoms with E-state index in [1.807, 2.05) is 28.6 Å². The summed E-state index contributed by atoms with van der Waals surface area (Å²) in [7, 11) is 0.642. The highest BCUT2D eigenvalue weighted by molar-refractivity contribution is 7.82. The van der Waals surface area contributed by atoms with Crippen LogP contribution in [-0.4, -0.2) is 55.0 Å². The van der Waals surface area contributed by atoms with Crippen LogP contribution in [0.25, 0.3) is 21.9 Å². The molecule has 2 aromatic heterocycles. The number of para-hydroxylation sites is 1. The maximum Gasteiger partial charge on any atom is 0.314 e. The third-order valence-corrected chi connectivity index (χ3v) is 6.49. The number of nitrogens with two attached hydrogens (primary N) is 1. The molecule has 1 atom stereocenters. The molecule has 148 valence electrons. The molecule has 9 nitrogen and oxygen atoms in total. The second-order valence-electron chi connectivity index (χ2n) is 6.63. The smallest absolute Gasteiger partial charge is 0.314 e. The number of aromatic nitrogens is 3. The van der Waals surface area contributed by atoms with Crippen LogP contribution in [0.1, 0.15) is 12.2 Å². The minimum atomic E-state index is -0.924. The van der Waals surface area contributed by atoms with Crippen molar-refractivity contribution in [3.05, 3.63) is 30.1 Å². The highest BCUT2D eigenvalue weighted by atomic mass is 32.2. The van der Waals surface area contributed by atoms with Gasteiger partial charge in [-0.1, -0.05) is 18.2 Å². The number of anilines is 1. The maximum absolute atomic E-state index is 12.1. The van der Waals surface area contributed by atoms with Crippen LogP contribution in [0.15, 0.2) is 24.3 Å². The summed E-state index contributed by atoms with van der Waals surface area (Å²) < 4.78 is 16.2. The summed E-state index contributed by atoms with van der Waals surface area (Å²) >= 11 is 0. The maximum atomic E-state index is 12.1. The van der Waals surface area contributed by atoms with Crippen LogP contribution < -0.4 is 16.4 Å². The lowest BCUT2D eigenvalue weighted by atomic mass is 10.2. The fourth-order valence-corrected chi connectivity index (χ4v) is 4.80. The molecule has 0 bridgehead atoms. The molecule has 1 saturated heterocycles. The molecule has 0 spiro atoms. The van der Waals surface area contributed by atoms with Gasteiger partial charge in [0, 0.05) is 37.8 Å². The zero-order chi connectivity index (χ0) is 19.7. The molecule has 28 heavy (non-hydrogen) atoms. The Balaban J connectivity index is 1.79. The molecule has 3 heterocycles. The van der Waals surface area contributed by atoms with Gasteiger partial charge in [-0.2, -0.15) is 0 Å². The van der Waals surface area contributed by atoms with Crippen molar-refractivity contribution in [2.75, 3.05) is 31.6 Å². The number of urea groups is 1. The number of carbonyl (C=O) groups excluding carboxylic acids is 1. The Bertz CT molecular complexity index is 1060. The van der Waals surface area contributed by atoms with Gasteiger partial charge in [0.2, 0.25) is 0 Å². The molecule has 10 heteroatoms. The Kier molecular flexibility index (Phi) is 5.14. The number of hydrogen-bond acceptors (Lipinski definition) is 5. The average Bonchev–Trinajstić information content (AvgIpc) is 3.28. The van der Waals surface area contributed by atoms with Gasteiger partial charge in [-0.3, -0.25) is 0 Å². The predicted molar refractivity (Wildman–Crippen MR) is 110 cm³/mol. The van der Waals surface area contributed by atoms with Crippen molar-refractivity contribution >= 4 is 44.8 Å². The van der Waals surface area contributed by atoms with Gasteiger partial charge in [-0.15, -0.1) is 0 Å². The van der Waals surface area contributed by atoms with Crippen molar-refractivity contribution in [1.82, 2.24) is 29.5 Å². The molecule has 2 amide bonds. The number of rotatable bonds is 5. The van der Waals surface area contributed by atoms with Crippen molar-refractivity contribution in [3.63, 3.8) is 0 Å². The Morgan fingerprint density at radius 3 is 2.86 bits per heavy atom. The molecule has 1 aromatic carbocycles. The summed E-state index contributed by atoms with van der Waals surface area (Å²) in [5.41, 5.74) is 8.49. The van der Waals surface area contributed by atoms with Crippen molar-refractivity contribution in [2.45, 2.75) is 19.5 Å². The summed E-state index contributed by atoms with van der Waals surface area (Å²) in [5.74, 6) is 1.77. The minimum absolute atomic E-state index is 0.255. The Labute approximate surface area is 164 Å². The molecule has 4 rings (SSSR count). The number of pyridine rings is 1. The van der Waals surface area contributed by atoms with Crippen LogP contribution >= 0.6 is 0 Å². The first-order chi connectivity index (χ1) is 13.6. The molecule has 3 aromatic rings. The summed E-state index contributed by atoms with van der Waals surface area (Å²) in [6.45, 7) is 2.32. The van der Waals surface area contributed by atoms with Gasteiger partial charge in [0.15, 0.2) is 5.82 Å². The lowest BCUT2D eigenvalue weighted by Gasteiger charge is -2.16. The molecular weight excluding hydrogens is 378 g/mol. The van der Waals surface area contributed by atoms with E-state index < -0.39 is 11.0 Å². The highest BCUT2D eigenvalue weighted by Crippen LogP contribution is 2.29. The van der Waals surface area contributed by atoms with Gasteiger partial charge in [0.1, 0.15) is 11.3 Å². The van der Waals surface area contributed by atoms with E-state index in [4.69, 9.17) is 5.73 Å². The molecule has 1 unspecified atom stereocenters. The molecule has 0 saturated carbocycles. The van der Waals surface area contributed by atoms with Gasteiger partial charge < -0.3 is 20.9 Å². The van der Waals surface area contributed by atoms with Crippen molar-refractivity contribution in [1.29, 1.82) is 0 Å². The van der Waals surface area contributed by atoms with E-state index in [0.717, 1.165) is 35.1 Å². The topological polar surface area (TPSA) is 118 Å². The second-order valence-corrected chi connectivity index (χ2v) is 8.20. The first-order valence-corrected chi connectivity index (χ1v) is 10.5. The third kappa shape index (κ3) is 3.40. The number of nitrogen functional groups attached to an aromatic ring is 1.